The molecule has 0 radical (unpaired) electrons. The van der Waals surface area contributed by atoms with Gasteiger partial charge in [0.1, 0.15) is 10.6 Å². The van der Waals surface area contributed by atoms with Gasteiger partial charge in [0.05, 0.1) is 0 Å². The quantitative estimate of drug-likeness (QED) is 0.806. The molecule has 1 fully saturated rings. The Hall–Kier alpha value is -1.34. The van der Waals surface area contributed by atoms with Crippen LogP contribution < -0.4 is 4.72 Å². The third kappa shape index (κ3) is 3.21. The van der Waals surface area contributed by atoms with Gasteiger partial charge in [0.15, 0.2) is 0 Å². The lowest BCUT2D eigenvalue weighted by Crippen LogP contribution is -2.32. The van der Waals surface area contributed by atoms with Crippen LogP contribution in [0.5, 0.6) is 0 Å². The highest BCUT2D eigenvalue weighted by molar-refractivity contribution is 7.89. The Kier molecular flexibility index (Phi) is 4.19. The smallest absolute Gasteiger partial charge is 0.352 e. The van der Waals surface area contributed by atoms with Crippen molar-refractivity contribution in [1.82, 2.24) is 9.29 Å². The fraction of sp³-hybridized carbons (Fsp3) is 0.615. The monoisotopic (exact) mass is 300 g/mol. The summed E-state index contributed by atoms with van der Waals surface area (Å²) in [5, 5.41) is 9.15. The molecule has 1 aromatic rings. The molecule has 112 valence electrons. The third-order valence-corrected chi connectivity index (χ3v) is 4.93. The molecule has 0 bridgehead atoms. The van der Waals surface area contributed by atoms with Crippen molar-refractivity contribution >= 4 is 16.0 Å². The van der Waals surface area contributed by atoms with Gasteiger partial charge in [-0.05, 0) is 32.3 Å². The number of aromatic nitrogens is 1. The number of carboxylic acid groups (broad SMARTS) is 1. The minimum atomic E-state index is -3.66. The Morgan fingerprint density at radius 2 is 2.20 bits per heavy atom. The molecule has 0 saturated heterocycles. The van der Waals surface area contributed by atoms with Crippen LogP contribution in [0.1, 0.15) is 56.1 Å². The first-order valence-electron chi connectivity index (χ1n) is 6.82. The van der Waals surface area contributed by atoms with Crippen molar-refractivity contribution in [2.75, 3.05) is 0 Å². The van der Waals surface area contributed by atoms with E-state index in [1.807, 2.05) is 6.92 Å². The summed E-state index contributed by atoms with van der Waals surface area (Å²) < 4.78 is 28.6. The maximum absolute atomic E-state index is 12.2. The zero-order valence-electron chi connectivity index (χ0n) is 11.7. The first-order valence-corrected chi connectivity index (χ1v) is 8.31. The molecule has 0 aliphatic heterocycles. The summed E-state index contributed by atoms with van der Waals surface area (Å²) in [7, 11) is -3.66. The third-order valence-electron chi connectivity index (χ3n) is 3.37. The van der Waals surface area contributed by atoms with E-state index < -0.39 is 16.0 Å². The first kappa shape index (κ1) is 15.1. The molecule has 7 heteroatoms. The Morgan fingerprint density at radius 3 is 2.70 bits per heavy atom. The van der Waals surface area contributed by atoms with E-state index in [-0.39, 0.29) is 22.7 Å². The number of aromatic carboxylic acids is 1. The predicted molar refractivity (Wildman–Crippen MR) is 74.4 cm³/mol. The van der Waals surface area contributed by atoms with E-state index in [9.17, 15) is 13.2 Å². The molecule has 2 rings (SSSR count). The highest BCUT2D eigenvalue weighted by Gasteiger charge is 2.30. The van der Waals surface area contributed by atoms with Crippen molar-refractivity contribution in [2.45, 2.75) is 56.5 Å². The zero-order valence-corrected chi connectivity index (χ0v) is 12.5. The van der Waals surface area contributed by atoms with E-state index in [0.717, 1.165) is 25.7 Å². The molecule has 1 aliphatic carbocycles. The highest BCUT2D eigenvalue weighted by Crippen LogP contribution is 2.37. The standard InChI is InChI=1S/C13H20N2O4S/c1-3-4-9(2)14-20(18,19)11-7-12(13(16)17)15(8-11)10-5-6-10/h7-10,14H,3-6H2,1-2H3,(H,16,17). The molecule has 0 aromatic carbocycles. The lowest BCUT2D eigenvalue weighted by Gasteiger charge is -2.12. The summed E-state index contributed by atoms with van der Waals surface area (Å²) in [6.07, 6.45) is 4.85. The minimum Gasteiger partial charge on any atom is -0.477 e. The van der Waals surface area contributed by atoms with Crippen LogP contribution in [-0.4, -0.2) is 30.1 Å². The van der Waals surface area contributed by atoms with Crippen LogP contribution in [0.2, 0.25) is 0 Å². The Labute approximate surface area is 118 Å². The van der Waals surface area contributed by atoms with Gasteiger partial charge in [-0.3, -0.25) is 0 Å². The number of sulfonamides is 1. The summed E-state index contributed by atoms with van der Waals surface area (Å²) >= 11 is 0. The fourth-order valence-corrected chi connectivity index (χ4v) is 3.55. The molecule has 1 heterocycles. The number of hydrogen-bond acceptors (Lipinski definition) is 3. The Balaban J connectivity index is 2.27. The molecule has 1 aliphatic rings. The molecule has 20 heavy (non-hydrogen) atoms. The van der Waals surface area contributed by atoms with Gasteiger partial charge in [-0.2, -0.15) is 0 Å². The van der Waals surface area contributed by atoms with E-state index in [2.05, 4.69) is 4.72 Å². The van der Waals surface area contributed by atoms with Crippen LogP contribution in [-0.2, 0) is 10.0 Å². The van der Waals surface area contributed by atoms with Gasteiger partial charge in [0, 0.05) is 18.3 Å². The number of carboxylic acids is 1. The van der Waals surface area contributed by atoms with E-state index in [1.165, 1.54) is 12.3 Å². The number of carbonyl (C=O) groups is 1. The van der Waals surface area contributed by atoms with Crippen LogP contribution in [0, 0.1) is 0 Å². The van der Waals surface area contributed by atoms with E-state index in [0.29, 0.717) is 0 Å². The van der Waals surface area contributed by atoms with Crippen molar-refractivity contribution in [2.24, 2.45) is 0 Å². The van der Waals surface area contributed by atoms with E-state index >= 15 is 0 Å². The zero-order chi connectivity index (χ0) is 14.9. The average Bonchev–Trinajstić information content (AvgIpc) is 3.06. The Bertz CT molecular complexity index is 602. The van der Waals surface area contributed by atoms with Gasteiger partial charge in [0.2, 0.25) is 10.0 Å². The lowest BCUT2D eigenvalue weighted by atomic mass is 10.2. The summed E-state index contributed by atoms with van der Waals surface area (Å²) in [4.78, 5) is 11.2. The molecule has 2 N–H and O–H groups in total. The van der Waals surface area contributed by atoms with Gasteiger partial charge < -0.3 is 9.67 Å². The predicted octanol–water partition coefficient (Wildman–Crippen LogP) is 1.99. The number of nitrogens with zero attached hydrogens (tertiary/aromatic N) is 1. The maximum atomic E-state index is 12.2. The number of nitrogens with one attached hydrogen (secondary N) is 1. The molecule has 0 amide bonds. The normalized spacial score (nSPS) is 17.1. The molecule has 1 saturated carbocycles. The number of rotatable bonds is 7. The second-order valence-electron chi connectivity index (χ2n) is 5.32. The summed E-state index contributed by atoms with van der Waals surface area (Å²) in [5.41, 5.74) is 0.0380. The van der Waals surface area contributed by atoms with Crippen molar-refractivity contribution in [3.63, 3.8) is 0 Å². The average molecular weight is 300 g/mol. The van der Waals surface area contributed by atoms with Crippen LogP contribution in [0.4, 0.5) is 0 Å². The van der Waals surface area contributed by atoms with Crippen LogP contribution in [0.3, 0.4) is 0 Å². The number of hydrogen-bond donors (Lipinski definition) is 2. The molecule has 1 unspecified atom stereocenters. The van der Waals surface area contributed by atoms with Crippen LogP contribution >= 0.6 is 0 Å². The van der Waals surface area contributed by atoms with Crippen molar-refractivity contribution in [3.05, 3.63) is 18.0 Å². The minimum absolute atomic E-state index is 0.0322. The van der Waals surface area contributed by atoms with Crippen molar-refractivity contribution in [1.29, 1.82) is 0 Å². The van der Waals surface area contributed by atoms with E-state index in [4.69, 9.17) is 5.11 Å². The lowest BCUT2D eigenvalue weighted by molar-refractivity contribution is 0.0685. The van der Waals surface area contributed by atoms with Gasteiger partial charge in [0.25, 0.3) is 0 Å². The van der Waals surface area contributed by atoms with Crippen LogP contribution in [0.25, 0.3) is 0 Å². The SMILES string of the molecule is CCCC(C)NS(=O)(=O)c1cc(C(=O)O)n(C2CC2)c1. The first-order chi connectivity index (χ1) is 9.35. The molecule has 1 atom stereocenters. The highest BCUT2D eigenvalue weighted by atomic mass is 32.2. The summed E-state index contributed by atoms with van der Waals surface area (Å²) in [5.74, 6) is -1.10. The largest absolute Gasteiger partial charge is 0.477 e. The molecular weight excluding hydrogens is 280 g/mol. The maximum Gasteiger partial charge on any atom is 0.352 e. The van der Waals surface area contributed by atoms with Gasteiger partial charge in [-0.1, -0.05) is 13.3 Å². The molecule has 6 nitrogen and oxygen atoms in total. The fourth-order valence-electron chi connectivity index (χ4n) is 2.25. The summed E-state index contributed by atoms with van der Waals surface area (Å²) in [6, 6.07) is 1.20. The second kappa shape index (κ2) is 5.57. The van der Waals surface area contributed by atoms with Crippen LogP contribution in [0.15, 0.2) is 17.2 Å². The van der Waals surface area contributed by atoms with Crippen molar-refractivity contribution in [3.8, 4) is 0 Å². The van der Waals surface area contributed by atoms with Crippen molar-refractivity contribution < 1.29 is 18.3 Å². The van der Waals surface area contributed by atoms with Gasteiger partial charge in [-0.15, -0.1) is 0 Å². The van der Waals surface area contributed by atoms with Gasteiger partial charge >= 0.3 is 5.97 Å². The summed E-state index contributed by atoms with van der Waals surface area (Å²) in [6.45, 7) is 3.79. The Morgan fingerprint density at radius 1 is 1.55 bits per heavy atom. The van der Waals surface area contributed by atoms with E-state index in [1.54, 1.807) is 11.5 Å². The molecular formula is C13H20N2O4S. The topological polar surface area (TPSA) is 88.4 Å². The second-order valence-corrected chi connectivity index (χ2v) is 7.03. The van der Waals surface area contributed by atoms with Gasteiger partial charge in [-0.25, -0.2) is 17.9 Å². The molecule has 1 aromatic heterocycles. The molecule has 0 spiro atoms.